The molecule has 0 aliphatic rings. The summed E-state index contributed by atoms with van der Waals surface area (Å²) in [4.78, 5) is 14.2. The average Bonchev–Trinajstić information content (AvgIpc) is 2.80. The monoisotopic (exact) mass is 521 g/mol. The molecule has 0 radical (unpaired) electrons. The standard InChI is InChI=1S/C26H26Cl3NO2S/c1-4-26(18-5-7-19(27)8-6-18,33-23-15-11-21(29)12-16-23)17-30-24(31)25(2,3)32-22-13-9-20(28)10-14-22/h5-16H,4,17H2,1-3H3,(H,30,31). The van der Waals surface area contributed by atoms with Crippen molar-refractivity contribution in [3.63, 3.8) is 0 Å². The summed E-state index contributed by atoms with van der Waals surface area (Å²) in [6, 6.07) is 22.4. The molecular formula is C26H26Cl3NO2S. The Hall–Kier alpha value is -1.85. The first-order valence-corrected chi connectivity index (χ1v) is 12.5. The normalized spacial score (nSPS) is 13.3. The lowest BCUT2D eigenvalue weighted by atomic mass is 9.94. The van der Waals surface area contributed by atoms with Gasteiger partial charge < -0.3 is 10.1 Å². The van der Waals surface area contributed by atoms with Gasteiger partial charge in [0.05, 0.1) is 4.75 Å². The molecule has 0 bridgehead atoms. The van der Waals surface area contributed by atoms with Crippen molar-refractivity contribution < 1.29 is 9.53 Å². The Morgan fingerprint density at radius 2 is 1.33 bits per heavy atom. The van der Waals surface area contributed by atoms with Crippen LogP contribution in [0.1, 0.15) is 32.8 Å². The Morgan fingerprint density at radius 1 is 0.848 bits per heavy atom. The molecule has 3 aromatic carbocycles. The SMILES string of the molecule is CCC(CNC(=O)C(C)(C)Oc1ccc(Cl)cc1)(Sc1ccc(Cl)cc1)c1ccc(Cl)cc1. The Kier molecular flexibility index (Phi) is 8.63. The molecule has 3 rings (SSSR count). The van der Waals surface area contributed by atoms with Gasteiger partial charge in [0.2, 0.25) is 0 Å². The van der Waals surface area contributed by atoms with Crippen LogP contribution in [-0.4, -0.2) is 18.1 Å². The summed E-state index contributed by atoms with van der Waals surface area (Å²) >= 11 is 19.9. The summed E-state index contributed by atoms with van der Waals surface area (Å²) in [5.74, 6) is 0.371. The average molecular weight is 523 g/mol. The largest absolute Gasteiger partial charge is 0.478 e. The summed E-state index contributed by atoms with van der Waals surface area (Å²) in [7, 11) is 0. The number of hydrogen-bond acceptors (Lipinski definition) is 3. The maximum atomic E-state index is 13.2. The maximum absolute atomic E-state index is 13.2. The van der Waals surface area contributed by atoms with Crippen LogP contribution in [0, 0.1) is 0 Å². The third-order valence-corrected chi connectivity index (χ3v) is 7.66. The van der Waals surface area contributed by atoms with Crippen molar-refractivity contribution in [2.75, 3.05) is 6.54 Å². The minimum absolute atomic E-state index is 0.207. The summed E-state index contributed by atoms with van der Waals surface area (Å²) < 4.78 is 5.55. The zero-order valence-corrected chi connectivity index (χ0v) is 21.8. The lowest BCUT2D eigenvalue weighted by Crippen LogP contribution is -2.50. The third kappa shape index (κ3) is 6.83. The van der Waals surface area contributed by atoms with E-state index >= 15 is 0 Å². The Balaban J connectivity index is 1.82. The molecule has 0 spiro atoms. The van der Waals surface area contributed by atoms with Crippen LogP contribution in [0.4, 0.5) is 0 Å². The highest BCUT2D eigenvalue weighted by Gasteiger charge is 2.36. The van der Waals surface area contributed by atoms with Gasteiger partial charge in [-0.3, -0.25) is 4.79 Å². The van der Waals surface area contributed by atoms with E-state index in [2.05, 4.69) is 12.2 Å². The zero-order valence-electron chi connectivity index (χ0n) is 18.7. The Morgan fingerprint density at radius 3 is 1.85 bits per heavy atom. The summed E-state index contributed by atoms with van der Waals surface area (Å²) in [5, 5.41) is 5.08. The predicted octanol–water partition coefficient (Wildman–Crippen LogP) is 8.02. The van der Waals surface area contributed by atoms with Crippen molar-refractivity contribution in [3.8, 4) is 5.75 Å². The van der Waals surface area contributed by atoms with E-state index in [0.29, 0.717) is 27.4 Å². The smallest absolute Gasteiger partial charge is 0.263 e. The number of amides is 1. The van der Waals surface area contributed by atoms with Gasteiger partial charge in [-0.2, -0.15) is 0 Å². The first-order chi connectivity index (χ1) is 15.6. The van der Waals surface area contributed by atoms with E-state index in [1.165, 1.54) is 0 Å². The minimum atomic E-state index is -1.07. The number of benzene rings is 3. The van der Waals surface area contributed by atoms with Gasteiger partial charge in [-0.15, -0.1) is 11.8 Å². The van der Waals surface area contributed by atoms with Crippen molar-refractivity contribution in [1.29, 1.82) is 0 Å². The maximum Gasteiger partial charge on any atom is 0.263 e. The van der Waals surface area contributed by atoms with Crippen molar-refractivity contribution in [3.05, 3.63) is 93.4 Å². The van der Waals surface area contributed by atoms with E-state index in [1.807, 2.05) is 48.5 Å². The lowest BCUT2D eigenvalue weighted by molar-refractivity contribution is -0.134. The molecule has 1 atom stereocenters. The van der Waals surface area contributed by atoms with Gasteiger partial charge in [-0.05, 0) is 86.5 Å². The molecule has 0 fully saturated rings. The van der Waals surface area contributed by atoms with Crippen molar-refractivity contribution in [2.45, 2.75) is 42.4 Å². The van der Waals surface area contributed by atoms with Crippen LogP contribution in [0.3, 0.4) is 0 Å². The minimum Gasteiger partial charge on any atom is -0.478 e. The number of hydrogen-bond donors (Lipinski definition) is 1. The molecule has 33 heavy (non-hydrogen) atoms. The molecule has 0 aliphatic heterocycles. The number of carbonyl (C=O) groups is 1. The van der Waals surface area contributed by atoms with Gasteiger partial charge in [-0.1, -0.05) is 53.9 Å². The zero-order chi connectivity index (χ0) is 24.1. The van der Waals surface area contributed by atoms with E-state index in [0.717, 1.165) is 16.9 Å². The molecule has 174 valence electrons. The number of halogens is 3. The van der Waals surface area contributed by atoms with Gasteiger partial charge in [0.15, 0.2) is 5.60 Å². The highest BCUT2D eigenvalue weighted by molar-refractivity contribution is 8.00. The van der Waals surface area contributed by atoms with Crippen LogP contribution in [0.5, 0.6) is 5.75 Å². The number of rotatable bonds is 9. The van der Waals surface area contributed by atoms with E-state index in [1.54, 1.807) is 49.9 Å². The highest BCUT2D eigenvalue weighted by atomic mass is 35.5. The molecule has 3 aromatic rings. The highest BCUT2D eigenvalue weighted by Crippen LogP contribution is 2.44. The summed E-state index contributed by atoms with van der Waals surface area (Å²) in [5.41, 5.74) is 0.00389. The van der Waals surface area contributed by atoms with Crippen molar-refractivity contribution in [2.24, 2.45) is 0 Å². The van der Waals surface area contributed by atoms with Crippen molar-refractivity contribution in [1.82, 2.24) is 5.32 Å². The molecule has 3 nitrogen and oxygen atoms in total. The van der Waals surface area contributed by atoms with Crippen LogP contribution in [0.15, 0.2) is 77.7 Å². The molecule has 0 aliphatic carbocycles. The molecular weight excluding hydrogens is 497 g/mol. The second-order valence-electron chi connectivity index (χ2n) is 8.16. The van der Waals surface area contributed by atoms with E-state index in [9.17, 15) is 4.79 Å². The Labute approximate surface area is 214 Å². The fourth-order valence-corrected chi connectivity index (χ4v) is 5.00. The molecule has 0 aromatic heterocycles. The molecule has 7 heteroatoms. The lowest BCUT2D eigenvalue weighted by Gasteiger charge is -2.35. The van der Waals surface area contributed by atoms with Gasteiger partial charge >= 0.3 is 0 Å². The number of nitrogens with one attached hydrogen (secondary N) is 1. The van der Waals surface area contributed by atoms with Gasteiger partial charge in [0, 0.05) is 26.5 Å². The van der Waals surface area contributed by atoms with Crippen LogP contribution in [0.2, 0.25) is 15.1 Å². The number of ether oxygens (including phenoxy) is 1. The van der Waals surface area contributed by atoms with Gasteiger partial charge in [-0.25, -0.2) is 0 Å². The third-order valence-electron chi connectivity index (χ3n) is 5.34. The second-order valence-corrected chi connectivity index (χ2v) is 10.9. The van der Waals surface area contributed by atoms with Crippen LogP contribution in [-0.2, 0) is 9.54 Å². The van der Waals surface area contributed by atoms with Crippen LogP contribution < -0.4 is 10.1 Å². The van der Waals surface area contributed by atoms with E-state index in [4.69, 9.17) is 39.5 Å². The molecule has 1 amide bonds. The molecule has 0 saturated carbocycles. The fourth-order valence-electron chi connectivity index (χ4n) is 3.36. The molecule has 0 saturated heterocycles. The quantitative estimate of drug-likeness (QED) is 0.289. The summed E-state index contributed by atoms with van der Waals surface area (Å²) in [6.45, 7) is 6.02. The molecule has 1 N–H and O–H groups in total. The molecule has 1 unspecified atom stereocenters. The fraction of sp³-hybridized carbons (Fsp3) is 0.269. The molecule has 0 heterocycles. The second kappa shape index (κ2) is 11.1. The Bertz CT molecular complexity index is 1070. The van der Waals surface area contributed by atoms with Gasteiger partial charge in [0.25, 0.3) is 5.91 Å². The van der Waals surface area contributed by atoms with E-state index in [-0.39, 0.29) is 5.91 Å². The van der Waals surface area contributed by atoms with Crippen LogP contribution in [0.25, 0.3) is 0 Å². The van der Waals surface area contributed by atoms with Crippen LogP contribution >= 0.6 is 46.6 Å². The van der Waals surface area contributed by atoms with Gasteiger partial charge in [0.1, 0.15) is 5.75 Å². The predicted molar refractivity (Wildman–Crippen MR) is 140 cm³/mol. The summed E-state index contributed by atoms with van der Waals surface area (Å²) in [6.07, 6.45) is 0.778. The van der Waals surface area contributed by atoms with E-state index < -0.39 is 10.3 Å². The number of thioether (sulfide) groups is 1. The number of carbonyl (C=O) groups excluding carboxylic acids is 1. The van der Waals surface area contributed by atoms with Crippen molar-refractivity contribution >= 4 is 52.5 Å². The first kappa shape index (κ1) is 25.8. The topological polar surface area (TPSA) is 38.3 Å². The first-order valence-electron chi connectivity index (χ1n) is 10.6.